The summed E-state index contributed by atoms with van der Waals surface area (Å²) in [5.41, 5.74) is 2.84. The van der Waals surface area contributed by atoms with E-state index in [0.717, 1.165) is 29.9 Å². The minimum Gasteiger partial charge on any atom is -0.265 e. The lowest BCUT2D eigenvalue weighted by Gasteiger charge is -2.13. The number of hydrogen-bond donors (Lipinski definition) is 1. The molecule has 0 atom stereocenters. The van der Waals surface area contributed by atoms with Crippen LogP contribution < -0.4 is 10.1 Å². The van der Waals surface area contributed by atoms with Gasteiger partial charge < -0.3 is 0 Å². The normalized spacial score (nSPS) is 15.0. The Morgan fingerprint density at radius 2 is 1.68 bits per heavy atom. The Morgan fingerprint density at radius 3 is 2.27 bits per heavy atom. The second kappa shape index (κ2) is 5.72. The zero-order valence-electron chi connectivity index (χ0n) is 11.6. The second-order valence-corrected chi connectivity index (χ2v) is 6.96. The highest BCUT2D eigenvalue weighted by Crippen LogP contribution is 2.23. The molecule has 0 aromatic heterocycles. The lowest BCUT2D eigenvalue weighted by Crippen LogP contribution is -2.14. The third-order valence-electron chi connectivity index (χ3n) is 3.44. The summed E-state index contributed by atoms with van der Waals surface area (Å²) >= 11 is 5.88. The van der Waals surface area contributed by atoms with Gasteiger partial charge in [0.15, 0.2) is 0 Å². The minimum absolute atomic E-state index is 0.0948. The summed E-state index contributed by atoms with van der Waals surface area (Å²) in [6, 6.07) is 13.9. The lowest BCUT2D eigenvalue weighted by molar-refractivity contribution is 0.598. The summed E-state index contributed by atoms with van der Waals surface area (Å²) in [6.07, 6.45) is 0.818. The number of rotatable bonds is 3. The highest BCUT2D eigenvalue weighted by atomic mass is 35.5. The van der Waals surface area contributed by atoms with Crippen molar-refractivity contribution in [2.24, 2.45) is 10.2 Å². The van der Waals surface area contributed by atoms with Crippen LogP contribution in [0.4, 0.5) is 5.69 Å². The van der Waals surface area contributed by atoms with Gasteiger partial charge in [-0.1, -0.05) is 23.7 Å². The SMILES string of the molecule is NS(=O)(=O)c1ccc(N2CCC(c3ccc(Cl)cc3)=N2)cc1. The number of sulfonamides is 1. The van der Waals surface area contributed by atoms with Crippen LogP contribution in [0.2, 0.25) is 5.02 Å². The standard InChI is InChI=1S/C15H14ClN3O2S/c16-12-3-1-11(2-4-12)15-9-10-19(18-15)13-5-7-14(8-6-13)22(17,20)21/h1-8H,9-10H2,(H2,17,20,21). The lowest BCUT2D eigenvalue weighted by atomic mass is 10.1. The molecule has 114 valence electrons. The molecule has 3 rings (SSSR count). The Labute approximate surface area is 134 Å². The maximum absolute atomic E-state index is 11.3. The van der Waals surface area contributed by atoms with Crippen molar-refractivity contribution in [3.63, 3.8) is 0 Å². The number of benzene rings is 2. The predicted octanol–water partition coefficient (Wildman–Crippen LogP) is 2.60. The zero-order valence-corrected chi connectivity index (χ0v) is 13.2. The molecular weight excluding hydrogens is 322 g/mol. The van der Waals surface area contributed by atoms with E-state index in [9.17, 15) is 8.42 Å². The Bertz CT molecular complexity index is 815. The van der Waals surface area contributed by atoms with Crippen LogP contribution in [0.15, 0.2) is 58.5 Å². The summed E-state index contributed by atoms with van der Waals surface area (Å²) in [6.45, 7) is 0.743. The fourth-order valence-electron chi connectivity index (χ4n) is 2.30. The van der Waals surface area contributed by atoms with Gasteiger partial charge in [-0.15, -0.1) is 0 Å². The number of hydrazone groups is 1. The van der Waals surface area contributed by atoms with Crippen LogP contribution in [0, 0.1) is 0 Å². The highest BCUT2D eigenvalue weighted by Gasteiger charge is 2.18. The Balaban J connectivity index is 1.83. The van der Waals surface area contributed by atoms with Gasteiger partial charge in [-0.05, 0) is 42.0 Å². The Kier molecular flexibility index (Phi) is 3.90. The van der Waals surface area contributed by atoms with E-state index in [1.54, 1.807) is 12.1 Å². The average Bonchev–Trinajstić information content (AvgIpc) is 2.97. The van der Waals surface area contributed by atoms with Gasteiger partial charge in [0.25, 0.3) is 0 Å². The van der Waals surface area contributed by atoms with Crippen molar-refractivity contribution in [2.45, 2.75) is 11.3 Å². The smallest absolute Gasteiger partial charge is 0.238 e. The molecule has 1 aliphatic rings. The fraction of sp³-hybridized carbons (Fsp3) is 0.133. The molecule has 1 aliphatic heterocycles. The van der Waals surface area contributed by atoms with Gasteiger partial charge in [-0.2, -0.15) is 5.10 Å². The Morgan fingerprint density at radius 1 is 1.05 bits per heavy atom. The van der Waals surface area contributed by atoms with Gasteiger partial charge in [0.2, 0.25) is 10.0 Å². The first-order valence-electron chi connectivity index (χ1n) is 6.67. The molecule has 1 heterocycles. The molecule has 7 heteroatoms. The number of anilines is 1. The monoisotopic (exact) mass is 335 g/mol. The summed E-state index contributed by atoms with van der Waals surface area (Å²) in [5, 5.41) is 12.2. The van der Waals surface area contributed by atoms with E-state index in [4.69, 9.17) is 16.7 Å². The van der Waals surface area contributed by atoms with Crippen molar-refractivity contribution in [1.29, 1.82) is 0 Å². The largest absolute Gasteiger partial charge is 0.265 e. The molecule has 0 amide bonds. The van der Waals surface area contributed by atoms with Crippen LogP contribution in [-0.4, -0.2) is 20.7 Å². The number of halogens is 1. The van der Waals surface area contributed by atoms with E-state index >= 15 is 0 Å². The van der Waals surface area contributed by atoms with Crippen molar-refractivity contribution in [2.75, 3.05) is 11.6 Å². The molecule has 2 N–H and O–H groups in total. The second-order valence-electron chi connectivity index (χ2n) is 4.97. The van der Waals surface area contributed by atoms with E-state index < -0.39 is 10.0 Å². The number of nitrogens with two attached hydrogens (primary N) is 1. The summed E-state index contributed by atoms with van der Waals surface area (Å²) in [7, 11) is -3.67. The van der Waals surface area contributed by atoms with E-state index in [1.807, 2.05) is 29.3 Å². The molecule has 0 spiro atoms. The van der Waals surface area contributed by atoms with Crippen molar-refractivity contribution in [3.05, 3.63) is 59.1 Å². The van der Waals surface area contributed by atoms with Crippen molar-refractivity contribution in [1.82, 2.24) is 0 Å². The molecule has 0 radical (unpaired) electrons. The van der Waals surface area contributed by atoms with Gasteiger partial charge in [0, 0.05) is 18.0 Å². The van der Waals surface area contributed by atoms with Gasteiger partial charge in [0.1, 0.15) is 0 Å². The zero-order chi connectivity index (χ0) is 15.7. The van der Waals surface area contributed by atoms with Crippen LogP contribution in [0.3, 0.4) is 0 Å². The van der Waals surface area contributed by atoms with Crippen LogP contribution in [0.1, 0.15) is 12.0 Å². The quantitative estimate of drug-likeness (QED) is 0.936. The molecule has 2 aromatic rings. The van der Waals surface area contributed by atoms with Crippen molar-refractivity contribution < 1.29 is 8.42 Å². The molecule has 5 nitrogen and oxygen atoms in total. The molecule has 0 saturated heterocycles. The van der Waals surface area contributed by atoms with E-state index in [2.05, 4.69) is 5.10 Å². The molecule has 22 heavy (non-hydrogen) atoms. The van der Waals surface area contributed by atoms with Gasteiger partial charge >= 0.3 is 0 Å². The van der Waals surface area contributed by atoms with Crippen molar-refractivity contribution in [3.8, 4) is 0 Å². The van der Waals surface area contributed by atoms with Gasteiger partial charge in [-0.3, -0.25) is 5.01 Å². The summed E-state index contributed by atoms with van der Waals surface area (Å²) < 4.78 is 22.5. The number of hydrogen-bond acceptors (Lipinski definition) is 4. The van der Waals surface area contributed by atoms with Crippen LogP contribution >= 0.6 is 11.6 Å². The Hall–Kier alpha value is -1.89. The van der Waals surface area contributed by atoms with Gasteiger partial charge in [0.05, 0.1) is 16.3 Å². The summed E-state index contributed by atoms with van der Waals surface area (Å²) in [4.78, 5) is 0.0948. The first kappa shape index (κ1) is 15.0. The van der Waals surface area contributed by atoms with Crippen molar-refractivity contribution >= 4 is 33.0 Å². The minimum atomic E-state index is -3.67. The first-order chi connectivity index (χ1) is 10.4. The maximum Gasteiger partial charge on any atom is 0.238 e. The van der Waals surface area contributed by atoms with Crippen LogP contribution in [0.5, 0.6) is 0 Å². The van der Waals surface area contributed by atoms with E-state index in [1.165, 1.54) is 12.1 Å². The van der Waals surface area contributed by atoms with Gasteiger partial charge in [-0.25, -0.2) is 13.6 Å². The van der Waals surface area contributed by atoms with Crippen LogP contribution in [0.25, 0.3) is 0 Å². The van der Waals surface area contributed by atoms with E-state index in [0.29, 0.717) is 5.02 Å². The first-order valence-corrected chi connectivity index (χ1v) is 8.60. The van der Waals surface area contributed by atoms with E-state index in [-0.39, 0.29) is 4.90 Å². The molecule has 0 unspecified atom stereocenters. The predicted molar refractivity (Wildman–Crippen MR) is 87.8 cm³/mol. The molecule has 0 saturated carbocycles. The highest BCUT2D eigenvalue weighted by molar-refractivity contribution is 7.89. The van der Waals surface area contributed by atoms with Crippen LogP contribution in [-0.2, 0) is 10.0 Å². The molecule has 2 aromatic carbocycles. The molecule has 0 bridgehead atoms. The number of primary sulfonamides is 1. The molecule has 0 fully saturated rings. The third-order valence-corrected chi connectivity index (χ3v) is 4.62. The molecule has 0 aliphatic carbocycles. The maximum atomic E-state index is 11.3. The topological polar surface area (TPSA) is 75.8 Å². The number of nitrogens with zero attached hydrogens (tertiary/aromatic N) is 2. The molecular formula is C15H14ClN3O2S. The third kappa shape index (κ3) is 3.14. The average molecular weight is 336 g/mol. The summed E-state index contributed by atoms with van der Waals surface area (Å²) in [5.74, 6) is 0. The fourth-order valence-corrected chi connectivity index (χ4v) is 2.94.